The molecule has 0 bridgehead atoms. The van der Waals surface area contributed by atoms with Crippen molar-refractivity contribution in [3.05, 3.63) is 41.9 Å². The van der Waals surface area contributed by atoms with Crippen LogP contribution in [0.15, 0.2) is 34.1 Å². The van der Waals surface area contributed by atoms with Crippen LogP contribution in [-0.4, -0.2) is 46.3 Å². The summed E-state index contributed by atoms with van der Waals surface area (Å²) in [6.45, 7) is 1.58. The van der Waals surface area contributed by atoms with Gasteiger partial charge in [-0.15, -0.1) is 0 Å². The maximum Gasteiger partial charge on any atom is 0.275 e. The Morgan fingerprint density at radius 2 is 2.25 bits per heavy atom. The van der Waals surface area contributed by atoms with Crippen LogP contribution in [0, 0.1) is 5.41 Å². The highest BCUT2D eigenvalue weighted by Gasteiger charge is 2.22. The molecule has 0 aliphatic carbocycles. The van der Waals surface area contributed by atoms with Crippen molar-refractivity contribution in [3.63, 3.8) is 0 Å². The SMILES string of the molecule is N=C/C=N\Nc1ccc(Cc2nc(C(=O)N3CCCC3)co2)nc1. The molecule has 8 heteroatoms. The van der Waals surface area contributed by atoms with E-state index >= 15 is 0 Å². The van der Waals surface area contributed by atoms with Crippen molar-refractivity contribution >= 4 is 24.0 Å². The number of anilines is 1. The molecule has 0 unspecified atom stereocenters. The lowest BCUT2D eigenvalue weighted by Gasteiger charge is -2.12. The quantitative estimate of drug-likeness (QED) is 0.623. The van der Waals surface area contributed by atoms with Crippen LogP contribution in [0.1, 0.15) is 34.9 Å². The molecule has 0 radical (unpaired) electrons. The van der Waals surface area contributed by atoms with Gasteiger partial charge in [0.2, 0.25) is 5.89 Å². The van der Waals surface area contributed by atoms with Gasteiger partial charge in [0.1, 0.15) is 6.26 Å². The van der Waals surface area contributed by atoms with Crippen LogP contribution in [-0.2, 0) is 6.42 Å². The monoisotopic (exact) mass is 326 g/mol. The molecule has 124 valence electrons. The van der Waals surface area contributed by atoms with Crippen molar-refractivity contribution in [3.8, 4) is 0 Å². The third-order valence-corrected chi connectivity index (χ3v) is 3.66. The second-order valence-corrected chi connectivity index (χ2v) is 5.40. The summed E-state index contributed by atoms with van der Waals surface area (Å²) < 4.78 is 5.40. The summed E-state index contributed by atoms with van der Waals surface area (Å²) in [5.41, 5.74) is 4.60. The van der Waals surface area contributed by atoms with E-state index in [1.165, 1.54) is 12.5 Å². The summed E-state index contributed by atoms with van der Waals surface area (Å²) in [6, 6.07) is 3.65. The molecule has 0 atom stereocenters. The molecule has 24 heavy (non-hydrogen) atoms. The number of nitrogens with zero attached hydrogens (tertiary/aromatic N) is 4. The number of rotatable bonds is 6. The van der Waals surface area contributed by atoms with Crippen molar-refractivity contribution in [1.29, 1.82) is 5.41 Å². The molecular weight excluding hydrogens is 308 g/mol. The first-order valence-electron chi connectivity index (χ1n) is 7.73. The number of oxazole rings is 1. The number of pyridine rings is 1. The van der Waals surface area contributed by atoms with Crippen LogP contribution in [0.3, 0.4) is 0 Å². The van der Waals surface area contributed by atoms with Gasteiger partial charge in [0.25, 0.3) is 5.91 Å². The third kappa shape index (κ3) is 3.83. The fraction of sp³-hybridized carbons (Fsp3) is 0.312. The number of nitrogens with one attached hydrogen (secondary N) is 2. The molecule has 0 aromatic carbocycles. The molecule has 8 nitrogen and oxygen atoms in total. The van der Waals surface area contributed by atoms with Crippen molar-refractivity contribution in [1.82, 2.24) is 14.9 Å². The van der Waals surface area contributed by atoms with E-state index in [1.54, 1.807) is 11.1 Å². The largest absolute Gasteiger partial charge is 0.448 e. The average molecular weight is 326 g/mol. The van der Waals surface area contributed by atoms with E-state index in [1.807, 2.05) is 12.1 Å². The van der Waals surface area contributed by atoms with Gasteiger partial charge in [-0.25, -0.2) is 4.98 Å². The first-order valence-corrected chi connectivity index (χ1v) is 7.73. The molecule has 1 aliphatic rings. The minimum absolute atomic E-state index is 0.0703. The predicted molar refractivity (Wildman–Crippen MR) is 89.6 cm³/mol. The molecule has 2 aromatic heterocycles. The van der Waals surface area contributed by atoms with Gasteiger partial charge in [0.15, 0.2) is 5.69 Å². The van der Waals surface area contributed by atoms with Crippen molar-refractivity contribution < 1.29 is 9.21 Å². The van der Waals surface area contributed by atoms with Gasteiger partial charge in [0, 0.05) is 25.0 Å². The number of carbonyl (C=O) groups is 1. The van der Waals surface area contributed by atoms with Gasteiger partial charge >= 0.3 is 0 Å². The fourth-order valence-corrected chi connectivity index (χ4v) is 2.47. The van der Waals surface area contributed by atoms with Crippen LogP contribution < -0.4 is 5.43 Å². The second-order valence-electron chi connectivity index (χ2n) is 5.40. The molecule has 1 saturated heterocycles. The maximum absolute atomic E-state index is 12.2. The Bertz CT molecular complexity index is 731. The standard InChI is InChI=1S/C16H18N6O2/c17-5-6-19-21-13-4-3-12(18-10-13)9-15-20-14(11-24-15)16(23)22-7-1-2-8-22/h3-6,10-11,17,21H,1-2,7-9H2/b17-5?,19-6-. The maximum atomic E-state index is 12.2. The molecular formula is C16H18N6O2. The first kappa shape index (κ1) is 15.9. The van der Waals surface area contributed by atoms with Crippen molar-refractivity contribution in [2.24, 2.45) is 5.10 Å². The Labute approximate surface area is 139 Å². The smallest absolute Gasteiger partial charge is 0.275 e. The highest BCUT2D eigenvalue weighted by atomic mass is 16.3. The van der Waals surface area contributed by atoms with Crippen LogP contribution >= 0.6 is 0 Å². The van der Waals surface area contributed by atoms with E-state index in [2.05, 4.69) is 20.5 Å². The van der Waals surface area contributed by atoms with Gasteiger partial charge in [0.05, 0.1) is 24.5 Å². The number of hydrogen-bond acceptors (Lipinski definition) is 7. The van der Waals surface area contributed by atoms with Crippen LogP contribution in [0.2, 0.25) is 0 Å². The number of aromatic nitrogens is 2. The summed E-state index contributed by atoms with van der Waals surface area (Å²) in [7, 11) is 0. The topological polar surface area (TPSA) is 107 Å². The summed E-state index contributed by atoms with van der Waals surface area (Å²) in [4.78, 5) is 22.6. The lowest BCUT2D eigenvalue weighted by molar-refractivity contribution is 0.0787. The van der Waals surface area contributed by atoms with Crippen LogP contribution in [0.25, 0.3) is 0 Å². The van der Waals surface area contributed by atoms with Crippen molar-refractivity contribution in [2.75, 3.05) is 18.5 Å². The third-order valence-electron chi connectivity index (χ3n) is 3.66. The van der Waals surface area contributed by atoms with E-state index in [0.29, 0.717) is 23.7 Å². The number of amides is 1. The highest BCUT2D eigenvalue weighted by molar-refractivity contribution is 6.14. The molecule has 0 spiro atoms. The number of hydrazone groups is 1. The molecule has 1 aliphatic heterocycles. The van der Waals surface area contributed by atoms with Crippen molar-refractivity contribution in [2.45, 2.75) is 19.3 Å². The molecule has 1 fully saturated rings. The zero-order valence-electron chi connectivity index (χ0n) is 13.1. The second kappa shape index (κ2) is 7.49. The lowest BCUT2D eigenvalue weighted by atomic mass is 10.2. The van der Waals surface area contributed by atoms with E-state index in [4.69, 9.17) is 9.83 Å². The zero-order valence-corrected chi connectivity index (χ0v) is 13.1. The summed E-state index contributed by atoms with van der Waals surface area (Å²) in [6.07, 6.45) is 7.97. The van der Waals surface area contributed by atoms with Crippen LogP contribution in [0.4, 0.5) is 5.69 Å². The molecule has 0 saturated carbocycles. The minimum Gasteiger partial charge on any atom is -0.448 e. The van der Waals surface area contributed by atoms with E-state index in [0.717, 1.165) is 37.8 Å². The first-order chi connectivity index (χ1) is 11.8. The van der Waals surface area contributed by atoms with E-state index in [-0.39, 0.29) is 5.91 Å². The number of carbonyl (C=O) groups excluding carboxylic acids is 1. The normalized spacial score (nSPS) is 14.2. The Kier molecular flexibility index (Phi) is 4.95. The molecule has 3 heterocycles. The minimum atomic E-state index is -0.0703. The molecule has 2 aromatic rings. The average Bonchev–Trinajstić information content (AvgIpc) is 3.28. The predicted octanol–water partition coefficient (Wildman–Crippen LogP) is 1.94. The highest BCUT2D eigenvalue weighted by Crippen LogP contribution is 2.15. The summed E-state index contributed by atoms with van der Waals surface area (Å²) in [5, 5.41) is 10.6. The van der Waals surface area contributed by atoms with E-state index < -0.39 is 0 Å². The van der Waals surface area contributed by atoms with Gasteiger partial charge in [-0.05, 0) is 25.0 Å². The van der Waals surface area contributed by atoms with Gasteiger partial charge in [-0.1, -0.05) is 0 Å². The molecule has 3 rings (SSSR count). The Hall–Kier alpha value is -3.03. The van der Waals surface area contributed by atoms with Crippen LogP contribution in [0.5, 0.6) is 0 Å². The van der Waals surface area contributed by atoms with Gasteiger partial charge in [-0.2, -0.15) is 5.10 Å². The fourth-order valence-electron chi connectivity index (χ4n) is 2.47. The summed E-state index contributed by atoms with van der Waals surface area (Å²) in [5.74, 6) is 0.395. The van der Waals surface area contributed by atoms with Gasteiger partial charge in [-0.3, -0.25) is 15.2 Å². The Morgan fingerprint density at radius 1 is 1.42 bits per heavy atom. The molecule has 2 N–H and O–H groups in total. The molecule has 1 amide bonds. The van der Waals surface area contributed by atoms with E-state index in [9.17, 15) is 4.79 Å². The van der Waals surface area contributed by atoms with Gasteiger partial charge < -0.3 is 14.7 Å². The zero-order chi connectivity index (χ0) is 16.8. The number of hydrogen-bond donors (Lipinski definition) is 2. The Morgan fingerprint density at radius 3 is 2.96 bits per heavy atom. The lowest BCUT2D eigenvalue weighted by Crippen LogP contribution is -2.27. The summed E-state index contributed by atoms with van der Waals surface area (Å²) >= 11 is 0. The number of likely N-dealkylation sites (tertiary alicyclic amines) is 1. The Balaban J connectivity index is 1.61.